The minimum absolute atomic E-state index is 0.0162. The van der Waals surface area contributed by atoms with E-state index in [4.69, 9.17) is 35.0 Å². The molecule has 5 aromatic carbocycles. The van der Waals surface area contributed by atoms with Gasteiger partial charge in [0.2, 0.25) is 25.9 Å². The van der Waals surface area contributed by atoms with E-state index in [0.29, 0.717) is 113 Å². The molecule has 29 nitrogen and oxygen atoms in total. The molecule has 0 unspecified atom stereocenters. The SMILES string of the molecule is Cc1cc(C(F)(F)F)ccc1C1=C(CN2CCN(c3ccc(C(=O)CS(=O)(=O)c4ccc(NC[C@H]5CCOC5)c([N+](=O)[O-])c4)c(Oc4cnc5[nH]ccc5c4)c3)CC2)CCC(C)(C)C1.NC[C@H]1CCOC1.NS(=O)(=O)c1ccc(F)c([N+](=O)[O-])c1.NS(=O)(=O)c1ccc(NC[C@H]2CCOC2)c([N+](=O)[O-])c1. The number of hydrogen-bond acceptors (Lipinski definition) is 23. The topological polar surface area (TPSA) is 423 Å². The molecule has 105 heavy (non-hydrogen) atoms. The maximum absolute atomic E-state index is 14.0. The van der Waals surface area contributed by atoms with Crippen molar-refractivity contribution in [2.24, 2.45) is 39.2 Å². The molecule has 7 aromatic rings. The summed E-state index contributed by atoms with van der Waals surface area (Å²) >= 11 is 0. The Balaban J connectivity index is 0.000000249. The summed E-state index contributed by atoms with van der Waals surface area (Å²) in [7, 11) is -12.4. The third-order valence-electron chi connectivity index (χ3n) is 18.4. The summed E-state index contributed by atoms with van der Waals surface area (Å²) in [6.45, 7) is 15.5. The van der Waals surface area contributed by atoms with Crippen LogP contribution in [0.1, 0.15) is 79.4 Å². The molecule has 1 aliphatic carbocycles. The number of nitro groups is 3. The third-order valence-corrected chi connectivity index (χ3v) is 21.9. The Labute approximate surface area is 603 Å². The normalized spacial score (nSPS) is 18.4. The summed E-state index contributed by atoms with van der Waals surface area (Å²) in [5, 5.41) is 49.7. The van der Waals surface area contributed by atoms with Gasteiger partial charge < -0.3 is 45.2 Å². The summed E-state index contributed by atoms with van der Waals surface area (Å²) in [5.41, 5.74) is 8.79. The number of carbonyl (C=O) groups is 1. The average molecular weight is 1520 g/mol. The minimum atomic E-state index is -4.41. The van der Waals surface area contributed by atoms with Crippen LogP contribution in [0.5, 0.6) is 11.5 Å². The number of anilines is 3. The lowest BCUT2D eigenvalue weighted by molar-refractivity contribution is -0.387. The number of hydrogen-bond donors (Lipinski definition) is 6. The molecule has 4 saturated heterocycles. The molecule has 6 heterocycles. The molecule has 566 valence electrons. The zero-order valence-electron chi connectivity index (χ0n) is 57.6. The van der Waals surface area contributed by atoms with Crippen molar-refractivity contribution >= 4 is 86.4 Å². The van der Waals surface area contributed by atoms with Crippen LogP contribution in [0.3, 0.4) is 0 Å². The van der Waals surface area contributed by atoms with Crippen LogP contribution in [-0.2, 0) is 50.3 Å². The van der Waals surface area contributed by atoms with Gasteiger partial charge in [0.15, 0.2) is 15.6 Å². The number of nitro benzene ring substituents is 3. The highest BCUT2D eigenvalue weighted by Gasteiger charge is 2.35. The molecule has 0 bridgehead atoms. The number of ketones is 1. The van der Waals surface area contributed by atoms with Crippen molar-refractivity contribution in [1.82, 2.24) is 14.9 Å². The lowest BCUT2D eigenvalue weighted by Crippen LogP contribution is -2.47. The maximum atomic E-state index is 14.0. The number of halogens is 4. The number of nitrogens with two attached hydrogens (primary N) is 3. The number of allylic oxidation sites excluding steroid dienone is 1. The molecule has 36 heteroatoms. The molecule has 0 spiro atoms. The number of sulfonamides is 2. The van der Waals surface area contributed by atoms with E-state index in [1.54, 1.807) is 43.5 Å². The number of carbonyl (C=O) groups excluding carboxylic acids is 1. The van der Waals surface area contributed by atoms with Crippen LogP contribution < -0.4 is 36.3 Å². The van der Waals surface area contributed by atoms with E-state index in [-0.39, 0.29) is 49.5 Å². The fourth-order valence-corrected chi connectivity index (χ4v) is 14.7. The molecule has 12 rings (SSSR count). The average Bonchev–Trinajstić information content (AvgIpc) is 1.51. The molecule has 0 amide bonds. The van der Waals surface area contributed by atoms with Crippen LogP contribution in [0.25, 0.3) is 16.6 Å². The van der Waals surface area contributed by atoms with Crippen LogP contribution in [0.15, 0.2) is 136 Å². The number of benzene rings is 5. The Morgan fingerprint density at radius 1 is 0.714 bits per heavy atom. The van der Waals surface area contributed by atoms with Crippen LogP contribution in [0, 0.1) is 66.3 Å². The van der Waals surface area contributed by atoms with Gasteiger partial charge in [-0.1, -0.05) is 25.5 Å². The Morgan fingerprint density at radius 3 is 1.79 bits per heavy atom. The van der Waals surface area contributed by atoms with Gasteiger partial charge in [0.25, 0.3) is 11.4 Å². The number of aromatic amines is 1. The molecule has 0 radical (unpaired) electrons. The van der Waals surface area contributed by atoms with E-state index < -0.39 is 90.0 Å². The number of pyridine rings is 1. The largest absolute Gasteiger partial charge is 0.455 e. The summed E-state index contributed by atoms with van der Waals surface area (Å²) in [6.07, 6.45) is 4.32. The first-order valence-corrected chi connectivity index (χ1v) is 38.1. The van der Waals surface area contributed by atoms with Crippen molar-refractivity contribution in [2.45, 2.75) is 80.2 Å². The van der Waals surface area contributed by atoms with E-state index >= 15 is 0 Å². The summed E-state index contributed by atoms with van der Waals surface area (Å²) in [6, 6.07) is 21.9. The maximum Gasteiger partial charge on any atom is 0.416 e. The van der Waals surface area contributed by atoms with Crippen molar-refractivity contribution < 1.29 is 81.3 Å². The third kappa shape index (κ3) is 21.8. The zero-order valence-corrected chi connectivity index (χ0v) is 60.1. The van der Waals surface area contributed by atoms with E-state index in [9.17, 15) is 78.0 Å². The number of aromatic nitrogens is 2. The monoisotopic (exact) mass is 1520 g/mol. The van der Waals surface area contributed by atoms with Gasteiger partial charge in [-0.3, -0.25) is 40.0 Å². The number of sulfone groups is 1. The lowest BCUT2D eigenvalue weighted by Gasteiger charge is -2.39. The first-order chi connectivity index (χ1) is 49.5. The quantitative estimate of drug-likeness (QED) is 0.0159. The molecule has 9 N–H and O–H groups in total. The second kappa shape index (κ2) is 34.4. The van der Waals surface area contributed by atoms with Crippen LogP contribution in [0.4, 0.5) is 51.7 Å². The van der Waals surface area contributed by atoms with Gasteiger partial charge in [0.1, 0.15) is 34.3 Å². The number of nitrogens with one attached hydrogen (secondary N) is 3. The van der Waals surface area contributed by atoms with E-state index in [0.717, 1.165) is 98.7 Å². The molecule has 4 aliphatic heterocycles. The number of aryl methyl sites for hydroxylation is 1. The highest BCUT2D eigenvalue weighted by atomic mass is 32.2. The number of nitrogens with zero attached hydrogens (tertiary/aromatic N) is 6. The first kappa shape index (κ1) is 80.0. The fourth-order valence-electron chi connectivity index (χ4n) is 12.4. The van der Waals surface area contributed by atoms with Gasteiger partial charge >= 0.3 is 11.9 Å². The highest BCUT2D eigenvalue weighted by Crippen LogP contribution is 2.45. The first-order valence-electron chi connectivity index (χ1n) is 33.4. The highest BCUT2D eigenvalue weighted by molar-refractivity contribution is 7.92. The van der Waals surface area contributed by atoms with Gasteiger partial charge in [-0.15, -0.1) is 0 Å². The van der Waals surface area contributed by atoms with Crippen LogP contribution in [-0.4, -0.2) is 158 Å². The van der Waals surface area contributed by atoms with E-state index in [2.05, 4.69) is 44.2 Å². The molecule has 5 aliphatic rings. The van der Waals surface area contributed by atoms with Gasteiger partial charge in [0.05, 0.1) is 66.6 Å². The van der Waals surface area contributed by atoms with Crippen molar-refractivity contribution in [3.05, 3.63) is 180 Å². The van der Waals surface area contributed by atoms with E-state index in [1.807, 2.05) is 6.07 Å². The summed E-state index contributed by atoms with van der Waals surface area (Å²) < 4.78 is 147. The fraction of sp³-hybridized carbons (Fsp3) is 0.420. The summed E-state index contributed by atoms with van der Waals surface area (Å²) in [5.74, 6) is -1.23. The Morgan fingerprint density at radius 2 is 1.27 bits per heavy atom. The number of fused-ring (bicyclic) bond motifs is 1. The van der Waals surface area contributed by atoms with Crippen molar-refractivity contribution in [1.29, 1.82) is 0 Å². The van der Waals surface area contributed by atoms with Gasteiger partial charge in [0, 0.05) is 119 Å². The zero-order chi connectivity index (χ0) is 76.2. The summed E-state index contributed by atoms with van der Waals surface area (Å²) in [4.78, 5) is 55.8. The molecule has 0 saturated carbocycles. The Hall–Kier alpha value is -9.11. The Kier molecular flexibility index (Phi) is 26.2. The van der Waals surface area contributed by atoms with Crippen LogP contribution in [0.2, 0.25) is 0 Å². The van der Waals surface area contributed by atoms with Crippen LogP contribution >= 0.6 is 0 Å². The standard InChI is InChI=1S/C47H51F3N6O7S.C11H15N3O5S.C6H5FN2O4S.C5H11NO/c1-30-20-34(47(48,49)50)4-7-38(30)40-24-46(2,3)13-10-33(40)27-54-15-17-55(18-16-54)35-5-8-39(44(22-35)63-36-21-32-11-14-51-45(32)53-26-36)43(57)29-64(60,61)37-6-9-41(42(23-37)56(58)59)52-25-31-12-19-62-28-31;12-20(17,18)9-1-2-10(11(5-9)14(15)16)13-6-8-3-4-19-7-8;7-5-2-1-4(14(8,12)13)3-6(5)9(10)11;6-3-5-1-2-7-4-5/h4-9,11,14,20-23,26,31,52H,10,12-13,15-19,24-25,27-29H2,1-3H3,(H,51,53);1-2,5,8,13H,3-4,6-7H2,(H2,12,17,18);1-3H,(H2,8,12,13);5H,1-4,6H2/t31-;8-;;5-/m11.1/s1. The number of Topliss-reactive ketones (excluding diaryl/α,β-unsaturated/α-hetero) is 1. The molecule has 2 aromatic heterocycles. The predicted molar refractivity (Wildman–Crippen MR) is 383 cm³/mol. The smallest absolute Gasteiger partial charge is 0.416 e. The predicted octanol–water partition coefficient (Wildman–Crippen LogP) is 10.5. The minimum Gasteiger partial charge on any atom is -0.455 e. The number of ether oxygens (including phenoxy) is 4. The second-order valence-corrected chi connectivity index (χ2v) is 31.9. The second-order valence-electron chi connectivity index (χ2n) is 26.8. The number of rotatable bonds is 22. The van der Waals surface area contributed by atoms with Crippen molar-refractivity contribution in [3.63, 3.8) is 0 Å². The molecular formula is C69H82F4N12O17S3. The van der Waals surface area contributed by atoms with Gasteiger partial charge in [-0.2, -0.15) is 17.6 Å². The lowest BCUT2D eigenvalue weighted by atomic mass is 9.72. The number of primary sulfonamides is 2. The molecule has 3 atom stereocenters. The van der Waals surface area contributed by atoms with Gasteiger partial charge in [-0.05, 0) is 153 Å². The molecular weight excluding hydrogens is 1440 g/mol. The Bertz CT molecular complexity index is 4710. The van der Waals surface area contributed by atoms with E-state index in [1.165, 1.54) is 48.2 Å². The molecule has 4 fully saturated rings. The van der Waals surface area contributed by atoms with Gasteiger partial charge in [-0.25, -0.2) is 40.5 Å². The number of piperazine rings is 1. The number of alkyl halides is 3. The van der Waals surface area contributed by atoms with Crippen molar-refractivity contribution in [2.75, 3.05) is 113 Å². The number of H-pyrrole nitrogens is 1. The van der Waals surface area contributed by atoms with Crippen molar-refractivity contribution in [3.8, 4) is 11.5 Å².